The number of hydrazone groups is 1. The first kappa shape index (κ1) is 17.0. The number of hydrogen-bond donors (Lipinski definition) is 2. The quantitative estimate of drug-likeness (QED) is 0.411. The Balaban J connectivity index is 1.75. The minimum atomic E-state index is 0.607. The van der Waals surface area contributed by atoms with Gasteiger partial charge in [0.05, 0.1) is 32.8 Å². The fraction of sp³-hybridized carbons (Fsp3) is 0.176. The van der Waals surface area contributed by atoms with Gasteiger partial charge in [0, 0.05) is 0 Å². The second-order valence-electron chi connectivity index (χ2n) is 5.22. The van der Waals surface area contributed by atoms with Crippen molar-refractivity contribution in [2.45, 2.75) is 13.8 Å². The Morgan fingerprint density at radius 3 is 2.71 bits per heavy atom. The highest BCUT2D eigenvalue weighted by Gasteiger charge is 2.07. The second-order valence-corrected chi connectivity index (χ2v) is 6.93. The lowest BCUT2D eigenvalue weighted by molar-refractivity contribution is 0.336. The first-order valence-corrected chi connectivity index (χ1v) is 9.02. The zero-order valence-corrected chi connectivity index (χ0v) is 16.4. The number of fused-ring (bicyclic) bond motifs is 1. The summed E-state index contributed by atoms with van der Waals surface area (Å²) < 4.78 is 7.32. The largest absolute Gasteiger partial charge is 0.492 e. The van der Waals surface area contributed by atoms with Crippen molar-refractivity contribution < 1.29 is 4.74 Å². The highest BCUT2D eigenvalue weighted by molar-refractivity contribution is 9.11. The molecule has 2 aromatic carbocycles. The summed E-state index contributed by atoms with van der Waals surface area (Å²) in [6.07, 6.45) is 1.73. The Hall–Kier alpha value is -1.86. The van der Waals surface area contributed by atoms with Crippen LogP contribution in [0.3, 0.4) is 0 Å². The van der Waals surface area contributed by atoms with Crippen molar-refractivity contribution in [3.8, 4) is 5.75 Å². The van der Waals surface area contributed by atoms with Crippen molar-refractivity contribution in [3.63, 3.8) is 0 Å². The molecule has 0 aliphatic rings. The number of halogens is 2. The van der Waals surface area contributed by atoms with E-state index in [9.17, 15) is 0 Å². The maximum atomic E-state index is 5.57. The Labute approximate surface area is 156 Å². The molecule has 0 saturated carbocycles. The van der Waals surface area contributed by atoms with Gasteiger partial charge in [0.15, 0.2) is 0 Å². The molecule has 3 aromatic rings. The molecule has 1 heterocycles. The van der Waals surface area contributed by atoms with E-state index in [2.05, 4.69) is 58.4 Å². The Bertz CT molecular complexity index is 882. The lowest BCUT2D eigenvalue weighted by atomic mass is 10.2. The van der Waals surface area contributed by atoms with Crippen LogP contribution in [-0.2, 0) is 0 Å². The molecular weight excluding hydrogens is 436 g/mol. The summed E-state index contributed by atoms with van der Waals surface area (Å²) in [5.41, 5.74) is 6.93. The van der Waals surface area contributed by atoms with Gasteiger partial charge in [0.25, 0.3) is 0 Å². The molecule has 0 aliphatic carbocycles. The van der Waals surface area contributed by atoms with Gasteiger partial charge >= 0.3 is 0 Å². The number of imidazole rings is 1. The maximum absolute atomic E-state index is 5.57. The molecule has 7 heteroatoms. The monoisotopic (exact) mass is 450 g/mol. The summed E-state index contributed by atoms with van der Waals surface area (Å²) in [4.78, 5) is 7.64. The van der Waals surface area contributed by atoms with Gasteiger partial charge in [-0.25, -0.2) is 10.4 Å². The van der Waals surface area contributed by atoms with E-state index in [1.807, 2.05) is 38.1 Å². The van der Waals surface area contributed by atoms with E-state index in [1.54, 1.807) is 6.21 Å². The number of nitrogens with one attached hydrogen (secondary N) is 2. The molecule has 0 fully saturated rings. The molecule has 0 spiro atoms. The van der Waals surface area contributed by atoms with Gasteiger partial charge in [0.1, 0.15) is 5.75 Å². The van der Waals surface area contributed by atoms with Crippen LogP contribution in [0.1, 0.15) is 18.1 Å². The molecule has 0 unspecified atom stereocenters. The third-order valence-electron chi connectivity index (χ3n) is 3.33. The molecule has 0 atom stereocenters. The summed E-state index contributed by atoms with van der Waals surface area (Å²) >= 11 is 7.02. The van der Waals surface area contributed by atoms with E-state index in [0.29, 0.717) is 12.6 Å². The van der Waals surface area contributed by atoms with Gasteiger partial charge < -0.3 is 9.72 Å². The fourth-order valence-corrected chi connectivity index (χ4v) is 3.73. The van der Waals surface area contributed by atoms with Gasteiger partial charge in [-0.05, 0) is 81.1 Å². The minimum Gasteiger partial charge on any atom is -0.492 e. The van der Waals surface area contributed by atoms with Crippen LogP contribution >= 0.6 is 31.9 Å². The summed E-state index contributed by atoms with van der Waals surface area (Å²) in [5, 5.41) is 4.24. The maximum Gasteiger partial charge on any atom is 0.222 e. The Kier molecular flexibility index (Phi) is 5.20. The Morgan fingerprint density at radius 2 is 2.00 bits per heavy atom. The van der Waals surface area contributed by atoms with Crippen LogP contribution in [0.2, 0.25) is 0 Å². The van der Waals surface area contributed by atoms with E-state index >= 15 is 0 Å². The van der Waals surface area contributed by atoms with E-state index in [0.717, 1.165) is 31.3 Å². The molecule has 0 bridgehead atoms. The SMILES string of the molecule is CCOc1c(Br)cc(/C=N\Nc2nc3ccc(C)cc3[nH]2)cc1Br. The molecule has 2 N–H and O–H groups in total. The summed E-state index contributed by atoms with van der Waals surface area (Å²) in [6.45, 7) is 4.61. The second kappa shape index (κ2) is 7.36. The third kappa shape index (κ3) is 3.79. The fourth-order valence-electron chi connectivity index (χ4n) is 2.28. The highest BCUT2D eigenvalue weighted by atomic mass is 79.9. The summed E-state index contributed by atoms with van der Waals surface area (Å²) in [7, 11) is 0. The molecule has 0 amide bonds. The number of ether oxygens (including phenoxy) is 1. The van der Waals surface area contributed by atoms with Gasteiger partial charge in [-0.1, -0.05) is 6.07 Å². The van der Waals surface area contributed by atoms with E-state index in [4.69, 9.17) is 4.74 Å². The van der Waals surface area contributed by atoms with Crippen LogP contribution in [0.25, 0.3) is 11.0 Å². The summed E-state index contributed by atoms with van der Waals surface area (Å²) in [5.74, 6) is 1.39. The van der Waals surface area contributed by atoms with Crippen molar-refractivity contribution in [1.29, 1.82) is 0 Å². The first-order valence-electron chi connectivity index (χ1n) is 7.44. The van der Waals surface area contributed by atoms with Gasteiger partial charge in [-0.2, -0.15) is 5.10 Å². The van der Waals surface area contributed by atoms with Crippen LogP contribution in [0.5, 0.6) is 5.75 Å². The number of aromatic amines is 1. The topological polar surface area (TPSA) is 62.3 Å². The highest BCUT2D eigenvalue weighted by Crippen LogP contribution is 2.34. The molecule has 124 valence electrons. The number of aryl methyl sites for hydroxylation is 1. The van der Waals surface area contributed by atoms with Crippen molar-refractivity contribution >= 4 is 55.1 Å². The number of benzene rings is 2. The predicted octanol–water partition coefficient (Wildman–Crippen LogP) is 5.24. The van der Waals surface area contributed by atoms with Crippen molar-refractivity contribution in [1.82, 2.24) is 9.97 Å². The van der Waals surface area contributed by atoms with Crippen molar-refractivity contribution in [2.75, 3.05) is 12.0 Å². The molecule has 0 saturated heterocycles. The van der Waals surface area contributed by atoms with E-state index in [-0.39, 0.29) is 0 Å². The average molecular weight is 452 g/mol. The molecule has 0 radical (unpaired) electrons. The number of hydrogen-bond acceptors (Lipinski definition) is 4. The molecular formula is C17H16Br2N4O. The number of anilines is 1. The van der Waals surface area contributed by atoms with Crippen LogP contribution < -0.4 is 10.2 Å². The molecule has 1 aromatic heterocycles. The number of rotatable bonds is 5. The van der Waals surface area contributed by atoms with Crippen LogP contribution in [0.4, 0.5) is 5.95 Å². The van der Waals surface area contributed by atoms with Crippen molar-refractivity contribution in [3.05, 3.63) is 50.4 Å². The van der Waals surface area contributed by atoms with Crippen molar-refractivity contribution in [2.24, 2.45) is 5.10 Å². The summed E-state index contributed by atoms with van der Waals surface area (Å²) in [6, 6.07) is 9.96. The van der Waals surface area contributed by atoms with E-state index < -0.39 is 0 Å². The third-order valence-corrected chi connectivity index (χ3v) is 4.51. The molecule has 0 aliphatic heterocycles. The molecule has 3 rings (SSSR count). The Morgan fingerprint density at radius 1 is 1.25 bits per heavy atom. The lowest BCUT2D eigenvalue weighted by Gasteiger charge is -2.09. The van der Waals surface area contributed by atoms with Gasteiger partial charge in [0.2, 0.25) is 5.95 Å². The van der Waals surface area contributed by atoms with Crippen LogP contribution in [0.15, 0.2) is 44.4 Å². The lowest BCUT2D eigenvalue weighted by Crippen LogP contribution is -1.96. The standard InChI is InChI=1S/C17H16Br2N4O/c1-3-24-16-12(18)7-11(8-13(16)19)9-20-23-17-21-14-5-4-10(2)6-15(14)22-17/h4-9H,3H2,1-2H3,(H2,21,22,23)/b20-9-. The number of nitrogens with zero attached hydrogens (tertiary/aromatic N) is 2. The van der Waals surface area contributed by atoms with E-state index in [1.165, 1.54) is 5.56 Å². The van der Waals surface area contributed by atoms with Crippen LogP contribution in [0, 0.1) is 6.92 Å². The number of aromatic nitrogens is 2. The first-order chi connectivity index (χ1) is 11.6. The number of H-pyrrole nitrogens is 1. The predicted molar refractivity (Wildman–Crippen MR) is 105 cm³/mol. The zero-order valence-electron chi connectivity index (χ0n) is 13.2. The minimum absolute atomic E-state index is 0.607. The smallest absolute Gasteiger partial charge is 0.222 e. The zero-order chi connectivity index (χ0) is 17.1. The molecule has 5 nitrogen and oxygen atoms in total. The average Bonchev–Trinajstić information content (AvgIpc) is 2.92. The van der Waals surface area contributed by atoms with Gasteiger partial charge in [-0.3, -0.25) is 0 Å². The normalized spacial score (nSPS) is 11.3. The molecule has 24 heavy (non-hydrogen) atoms. The van der Waals surface area contributed by atoms with Crippen LogP contribution in [-0.4, -0.2) is 22.8 Å². The van der Waals surface area contributed by atoms with Gasteiger partial charge in [-0.15, -0.1) is 0 Å².